The maximum Gasteiger partial charge on any atom is 0.287 e. The summed E-state index contributed by atoms with van der Waals surface area (Å²) in [5.74, 6) is 0.441. The summed E-state index contributed by atoms with van der Waals surface area (Å²) in [6, 6.07) is 8.75. The van der Waals surface area contributed by atoms with Gasteiger partial charge in [-0.2, -0.15) is 0 Å². The summed E-state index contributed by atoms with van der Waals surface area (Å²) < 4.78 is 0. The molecule has 26 heavy (non-hydrogen) atoms. The number of carbonyl (C=O) groups excluding carboxylic acids is 1. The lowest BCUT2D eigenvalue weighted by atomic mass is 9.86. The van der Waals surface area contributed by atoms with E-state index in [9.17, 15) is 14.9 Å². The Morgan fingerprint density at radius 1 is 1.31 bits per heavy atom. The molecule has 1 aliphatic heterocycles. The zero-order valence-electron chi connectivity index (χ0n) is 14.7. The van der Waals surface area contributed by atoms with Crippen molar-refractivity contribution in [2.45, 2.75) is 39.2 Å². The van der Waals surface area contributed by atoms with Gasteiger partial charge in [0.2, 0.25) is 5.91 Å². The second-order valence-corrected chi connectivity index (χ2v) is 6.99. The minimum absolute atomic E-state index is 0.0168. The monoisotopic (exact) mass is 373 g/mol. The number of hydrogen-bond acceptors (Lipinski definition) is 4. The average molecular weight is 374 g/mol. The number of amides is 1. The summed E-state index contributed by atoms with van der Waals surface area (Å²) in [5.41, 5.74) is 1.52. The lowest BCUT2D eigenvalue weighted by Gasteiger charge is -2.39. The van der Waals surface area contributed by atoms with Crippen LogP contribution in [0.25, 0.3) is 0 Å². The number of anilines is 1. The van der Waals surface area contributed by atoms with Crippen molar-refractivity contribution in [3.63, 3.8) is 0 Å². The lowest BCUT2D eigenvalue weighted by molar-refractivity contribution is -0.385. The second-order valence-electron chi connectivity index (χ2n) is 6.55. The zero-order valence-corrected chi connectivity index (χ0v) is 15.4. The standard InChI is InChI=1S/C19H20ClN3O3/c1-3-13-6-9-17(14-4-7-15(20)8-5-14)22(19(13)24)18-12(2)10-16(11-21-18)23(25)26/h4-5,7-8,10-11,13,17H,3,6,9H2,1-2H3/t13-,17-/m0/s1. The van der Waals surface area contributed by atoms with E-state index < -0.39 is 4.92 Å². The van der Waals surface area contributed by atoms with Gasteiger partial charge in [-0.15, -0.1) is 0 Å². The molecule has 1 fully saturated rings. The fraction of sp³-hybridized carbons (Fsp3) is 0.368. The third-order valence-electron chi connectivity index (χ3n) is 4.91. The van der Waals surface area contributed by atoms with Crippen LogP contribution in [0.1, 0.15) is 43.4 Å². The predicted molar refractivity (Wildman–Crippen MR) is 100 cm³/mol. The van der Waals surface area contributed by atoms with Crippen LogP contribution in [0.3, 0.4) is 0 Å². The van der Waals surface area contributed by atoms with E-state index in [-0.39, 0.29) is 23.6 Å². The molecule has 136 valence electrons. The van der Waals surface area contributed by atoms with Gasteiger partial charge in [-0.05, 0) is 49.4 Å². The molecule has 3 rings (SSSR count). The molecule has 0 unspecified atom stereocenters. The first-order valence-corrected chi connectivity index (χ1v) is 8.99. The Bertz CT molecular complexity index is 838. The topological polar surface area (TPSA) is 76.3 Å². The first-order valence-electron chi connectivity index (χ1n) is 8.62. The minimum atomic E-state index is -0.479. The van der Waals surface area contributed by atoms with Crippen LogP contribution in [0.5, 0.6) is 0 Å². The van der Waals surface area contributed by atoms with E-state index in [0.29, 0.717) is 16.4 Å². The molecule has 1 aliphatic rings. The summed E-state index contributed by atoms with van der Waals surface area (Å²) in [7, 11) is 0. The van der Waals surface area contributed by atoms with Gasteiger partial charge in [0, 0.05) is 17.0 Å². The van der Waals surface area contributed by atoms with E-state index in [1.165, 1.54) is 12.3 Å². The van der Waals surface area contributed by atoms with E-state index in [4.69, 9.17) is 11.6 Å². The molecule has 1 aromatic carbocycles. The van der Waals surface area contributed by atoms with Crippen LogP contribution in [0.15, 0.2) is 36.5 Å². The Morgan fingerprint density at radius 3 is 2.58 bits per heavy atom. The van der Waals surface area contributed by atoms with E-state index in [2.05, 4.69) is 4.98 Å². The van der Waals surface area contributed by atoms with E-state index >= 15 is 0 Å². The molecule has 0 bridgehead atoms. The van der Waals surface area contributed by atoms with Gasteiger partial charge >= 0.3 is 0 Å². The van der Waals surface area contributed by atoms with Crippen LogP contribution < -0.4 is 4.90 Å². The number of nitrogens with zero attached hydrogens (tertiary/aromatic N) is 3. The van der Waals surface area contributed by atoms with Crippen molar-refractivity contribution < 1.29 is 9.72 Å². The van der Waals surface area contributed by atoms with Crippen molar-refractivity contribution in [1.29, 1.82) is 0 Å². The van der Waals surface area contributed by atoms with Gasteiger partial charge in [-0.25, -0.2) is 4.98 Å². The number of rotatable bonds is 4. The molecule has 0 spiro atoms. The predicted octanol–water partition coefficient (Wildman–Crippen LogP) is 4.85. The van der Waals surface area contributed by atoms with Gasteiger partial charge in [0.15, 0.2) is 0 Å². The summed E-state index contributed by atoms with van der Waals surface area (Å²) in [6.07, 6.45) is 3.59. The number of nitro groups is 1. The maximum atomic E-state index is 13.1. The van der Waals surface area contributed by atoms with Crippen molar-refractivity contribution in [3.05, 3.63) is 62.8 Å². The highest BCUT2D eigenvalue weighted by atomic mass is 35.5. The van der Waals surface area contributed by atoms with Crippen LogP contribution in [0, 0.1) is 23.0 Å². The Labute approximate surface area is 156 Å². The Balaban J connectivity index is 2.06. The number of halogens is 1. The Kier molecular flexibility index (Phi) is 5.23. The van der Waals surface area contributed by atoms with Crippen molar-refractivity contribution in [1.82, 2.24) is 4.98 Å². The number of benzene rings is 1. The van der Waals surface area contributed by atoms with E-state index in [1.807, 2.05) is 31.2 Å². The molecule has 1 amide bonds. The van der Waals surface area contributed by atoms with Gasteiger partial charge in [0.25, 0.3) is 5.69 Å². The van der Waals surface area contributed by atoms with E-state index in [1.54, 1.807) is 11.8 Å². The fourth-order valence-electron chi connectivity index (χ4n) is 3.50. The van der Waals surface area contributed by atoms with Gasteiger partial charge in [-0.1, -0.05) is 30.7 Å². The average Bonchev–Trinajstić information content (AvgIpc) is 2.62. The van der Waals surface area contributed by atoms with Gasteiger partial charge < -0.3 is 0 Å². The molecule has 2 heterocycles. The Hall–Kier alpha value is -2.47. The SMILES string of the molecule is CC[C@H]1CC[C@@H](c2ccc(Cl)cc2)N(c2ncc([N+](=O)[O-])cc2C)C1=O. The lowest BCUT2D eigenvalue weighted by Crippen LogP contribution is -2.44. The van der Waals surface area contributed by atoms with Crippen LogP contribution in [0.2, 0.25) is 5.02 Å². The molecule has 0 aliphatic carbocycles. The molecule has 6 nitrogen and oxygen atoms in total. The third kappa shape index (κ3) is 3.42. The smallest absolute Gasteiger partial charge is 0.287 e. The summed E-state index contributed by atoms with van der Waals surface area (Å²) in [6.45, 7) is 3.75. The molecule has 2 aromatic rings. The zero-order chi connectivity index (χ0) is 18.8. The van der Waals surface area contributed by atoms with Crippen LogP contribution in [-0.4, -0.2) is 15.8 Å². The molecular weight excluding hydrogens is 354 g/mol. The van der Waals surface area contributed by atoms with E-state index in [0.717, 1.165) is 24.8 Å². The van der Waals surface area contributed by atoms with Gasteiger partial charge in [0.1, 0.15) is 12.0 Å². The van der Waals surface area contributed by atoms with Crippen molar-refractivity contribution in [2.24, 2.45) is 5.92 Å². The van der Waals surface area contributed by atoms with Crippen molar-refractivity contribution in [3.8, 4) is 0 Å². The molecule has 1 saturated heterocycles. The maximum absolute atomic E-state index is 13.1. The summed E-state index contributed by atoms with van der Waals surface area (Å²) in [4.78, 5) is 29.6. The highest BCUT2D eigenvalue weighted by Gasteiger charge is 2.37. The largest absolute Gasteiger partial charge is 0.289 e. The summed E-state index contributed by atoms with van der Waals surface area (Å²) >= 11 is 5.99. The number of aryl methyl sites for hydroxylation is 1. The molecular formula is C19H20ClN3O3. The Morgan fingerprint density at radius 2 is 2.00 bits per heavy atom. The number of hydrogen-bond donors (Lipinski definition) is 0. The first-order chi connectivity index (χ1) is 12.4. The first kappa shape index (κ1) is 18.3. The number of carbonyl (C=O) groups is 1. The molecule has 0 radical (unpaired) electrons. The molecule has 0 N–H and O–H groups in total. The van der Waals surface area contributed by atoms with Crippen LogP contribution in [-0.2, 0) is 4.79 Å². The quantitative estimate of drug-likeness (QED) is 0.567. The summed E-state index contributed by atoms with van der Waals surface area (Å²) in [5, 5.41) is 11.6. The highest BCUT2D eigenvalue weighted by Crippen LogP contribution is 2.39. The second kappa shape index (κ2) is 7.41. The molecule has 7 heteroatoms. The molecule has 1 aromatic heterocycles. The number of aromatic nitrogens is 1. The number of pyridine rings is 1. The van der Waals surface area contributed by atoms with Crippen LogP contribution in [0.4, 0.5) is 11.5 Å². The van der Waals surface area contributed by atoms with Crippen molar-refractivity contribution >= 4 is 29.0 Å². The minimum Gasteiger partial charge on any atom is -0.289 e. The third-order valence-corrected chi connectivity index (χ3v) is 5.16. The van der Waals surface area contributed by atoms with Gasteiger partial charge in [0.05, 0.1) is 11.0 Å². The fourth-order valence-corrected chi connectivity index (χ4v) is 3.62. The van der Waals surface area contributed by atoms with Crippen LogP contribution >= 0.6 is 11.6 Å². The van der Waals surface area contributed by atoms with Gasteiger partial charge in [-0.3, -0.25) is 19.8 Å². The van der Waals surface area contributed by atoms with Crippen molar-refractivity contribution in [2.75, 3.05) is 4.90 Å². The molecule has 0 saturated carbocycles. The molecule has 2 atom stereocenters. The normalized spacial score (nSPS) is 20.3. The number of piperidine rings is 1. The highest BCUT2D eigenvalue weighted by molar-refractivity contribution is 6.30.